The molecule has 1 aromatic carbocycles. The molecule has 0 radical (unpaired) electrons. The van der Waals surface area contributed by atoms with Gasteiger partial charge in [0.15, 0.2) is 9.84 Å². The van der Waals surface area contributed by atoms with Crippen LogP contribution in [0.4, 0.5) is 0 Å². The molecule has 1 aliphatic rings. The van der Waals surface area contributed by atoms with Crippen molar-refractivity contribution in [1.29, 1.82) is 0 Å². The molecule has 1 saturated heterocycles. The van der Waals surface area contributed by atoms with Crippen molar-refractivity contribution in [2.24, 2.45) is 0 Å². The van der Waals surface area contributed by atoms with Crippen LogP contribution in [0.15, 0.2) is 29.2 Å². The minimum atomic E-state index is -3.09. The number of sulfone groups is 1. The highest BCUT2D eigenvalue weighted by Crippen LogP contribution is 2.17. The molecule has 0 amide bonds. The molecule has 1 aromatic rings. The van der Waals surface area contributed by atoms with E-state index in [9.17, 15) is 8.42 Å². The molecule has 1 atom stereocenters. The highest BCUT2D eigenvalue weighted by Gasteiger charge is 2.18. The summed E-state index contributed by atoms with van der Waals surface area (Å²) in [5.74, 6) is 0. The second-order valence-electron chi connectivity index (χ2n) is 6.24. The van der Waals surface area contributed by atoms with Crippen molar-refractivity contribution in [2.75, 3.05) is 33.4 Å². The molecular formula is C16H26N2O2S. The van der Waals surface area contributed by atoms with Crippen LogP contribution in [-0.2, 0) is 16.4 Å². The Kier molecular flexibility index (Phi) is 5.41. The van der Waals surface area contributed by atoms with Crippen LogP contribution in [0.2, 0.25) is 0 Å². The second kappa shape index (κ2) is 6.90. The molecule has 0 N–H and O–H groups in total. The van der Waals surface area contributed by atoms with Crippen LogP contribution in [0.3, 0.4) is 0 Å². The number of hydrogen-bond acceptors (Lipinski definition) is 4. The van der Waals surface area contributed by atoms with Gasteiger partial charge in [-0.3, -0.25) is 4.90 Å². The lowest BCUT2D eigenvalue weighted by molar-refractivity contribution is 0.245. The Hall–Kier alpha value is -0.910. The van der Waals surface area contributed by atoms with Crippen LogP contribution in [0.5, 0.6) is 0 Å². The van der Waals surface area contributed by atoms with E-state index >= 15 is 0 Å². The monoisotopic (exact) mass is 310 g/mol. The summed E-state index contributed by atoms with van der Waals surface area (Å²) in [6, 6.07) is 7.98. The fraction of sp³-hybridized carbons (Fsp3) is 0.625. The summed E-state index contributed by atoms with van der Waals surface area (Å²) in [7, 11) is 1.22. The van der Waals surface area contributed by atoms with E-state index < -0.39 is 9.84 Å². The SMILES string of the molecule is CN(C)[C@H]1CCCN(Cc2ccc(S(C)(=O)=O)cc2)CC1. The third-order valence-electron chi connectivity index (χ3n) is 4.28. The highest BCUT2D eigenvalue weighted by atomic mass is 32.2. The van der Waals surface area contributed by atoms with Crippen LogP contribution >= 0.6 is 0 Å². The molecule has 0 bridgehead atoms. The predicted molar refractivity (Wildman–Crippen MR) is 86.2 cm³/mol. The Labute approximate surface area is 128 Å². The second-order valence-corrected chi connectivity index (χ2v) is 8.26. The van der Waals surface area contributed by atoms with Gasteiger partial charge in [0.1, 0.15) is 0 Å². The number of likely N-dealkylation sites (tertiary alicyclic amines) is 1. The zero-order chi connectivity index (χ0) is 15.5. The summed E-state index contributed by atoms with van der Waals surface area (Å²) in [5.41, 5.74) is 1.19. The third-order valence-corrected chi connectivity index (χ3v) is 5.41. The Bertz CT molecular complexity index is 552. The minimum absolute atomic E-state index is 0.398. The third kappa shape index (κ3) is 4.80. The lowest BCUT2D eigenvalue weighted by Crippen LogP contribution is -2.29. The fourth-order valence-corrected chi connectivity index (χ4v) is 3.54. The van der Waals surface area contributed by atoms with Crippen LogP contribution in [0, 0.1) is 0 Å². The van der Waals surface area contributed by atoms with Crippen molar-refractivity contribution in [1.82, 2.24) is 9.80 Å². The van der Waals surface area contributed by atoms with Gasteiger partial charge in [0.2, 0.25) is 0 Å². The lowest BCUT2D eigenvalue weighted by Gasteiger charge is -2.23. The average molecular weight is 310 g/mol. The maximum Gasteiger partial charge on any atom is 0.175 e. The molecule has 2 rings (SSSR count). The molecule has 0 spiro atoms. The van der Waals surface area contributed by atoms with E-state index in [1.165, 1.54) is 31.1 Å². The van der Waals surface area contributed by atoms with Crippen LogP contribution in [-0.4, -0.2) is 57.7 Å². The molecule has 0 aliphatic carbocycles. The largest absolute Gasteiger partial charge is 0.306 e. The van der Waals surface area contributed by atoms with Gasteiger partial charge in [0, 0.05) is 18.8 Å². The van der Waals surface area contributed by atoms with Gasteiger partial charge in [-0.2, -0.15) is 0 Å². The van der Waals surface area contributed by atoms with E-state index in [1.807, 2.05) is 12.1 Å². The van der Waals surface area contributed by atoms with E-state index in [-0.39, 0.29) is 0 Å². The Morgan fingerprint density at radius 1 is 1.14 bits per heavy atom. The molecule has 1 fully saturated rings. The number of hydrogen-bond donors (Lipinski definition) is 0. The summed E-state index contributed by atoms with van der Waals surface area (Å²) >= 11 is 0. The Morgan fingerprint density at radius 3 is 2.38 bits per heavy atom. The smallest absolute Gasteiger partial charge is 0.175 e. The molecule has 118 valence electrons. The van der Waals surface area contributed by atoms with Gasteiger partial charge in [-0.05, 0) is 64.1 Å². The van der Waals surface area contributed by atoms with E-state index in [1.54, 1.807) is 12.1 Å². The van der Waals surface area contributed by atoms with Crippen LogP contribution in [0.25, 0.3) is 0 Å². The van der Waals surface area contributed by atoms with E-state index in [2.05, 4.69) is 23.9 Å². The lowest BCUT2D eigenvalue weighted by atomic mass is 10.1. The van der Waals surface area contributed by atoms with Crippen molar-refractivity contribution in [2.45, 2.75) is 36.7 Å². The molecule has 1 heterocycles. The first kappa shape index (κ1) is 16.5. The Balaban J connectivity index is 1.96. The van der Waals surface area contributed by atoms with E-state index in [4.69, 9.17) is 0 Å². The van der Waals surface area contributed by atoms with Crippen molar-refractivity contribution in [3.63, 3.8) is 0 Å². The molecular weight excluding hydrogens is 284 g/mol. The first-order valence-electron chi connectivity index (χ1n) is 7.54. The maximum atomic E-state index is 11.5. The van der Waals surface area contributed by atoms with Gasteiger partial charge in [-0.1, -0.05) is 12.1 Å². The van der Waals surface area contributed by atoms with Gasteiger partial charge in [0.25, 0.3) is 0 Å². The van der Waals surface area contributed by atoms with Crippen molar-refractivity contribution in [3.05, 3.63) is 29.8 Å². The predicted octanol–water partition coefficient (Wildman–Crippen LogP) is 2.01. The first-order chi connectivity index (χ1) is 9.86. The quantitative estimate of drug-likeness (QED) is 0.853. The summed E-state index contributed by atoms with van der Waals surface area (Å²) in [4.78, 5) is 5.19. The van der Waals surface area contributed by atoms with Gasteiger partial charge >= 0.3 is 0 Å². The molecule has 5 heteroatoms. The molecule has 4 nitrogen and oxygen atoms in total. The highest BCUT2D eigenvalue weighted by molar-refractivity contribution is 7.90. The van der Waals surface area contributed by atoms with Gasteiger partial charge in [0.05, 0.1) is 4.90 Å². The van der Waals surface area contributed by atoms with E-state index in [0.29, 0.717) is 10.9 Å². The van der Waals surface area contributed by atoms with Crippen LogP contribution < -0.4 is 0 Å². The summed E-state index contributed by atoms with van der Waals surface area (Å²) in [6.07, 6.45) is 4.94. The normalized spacial score (nSPS) is 21.4. The molecule has 0 saturated carbocycles. The van der Waals surface area contributed by atoms with Gasteiger partial charge in [-0.15, -0.1) is 0 Å². The molecule has 0 aromatic heterocycles. The summed E-state index contributed by atoms with van der Waals surface area (Å²) < 4.78 is 22.9. The number of benzene rings is 1. The van der Waals surface area contributed by atoms with E-state index in [0.717, 1.165) is 19.6 Å². The van der Waals surface area contributed by atoms with Crippen molar-refractivity contribution in [3.8, 4) is 0 Å². The zero-order valence-electron chi connectivity index (χ0n) is 13.2. The fourth-order valence-electron chi connectivity index (χ4n) is 2.91. The zero-order valence-corrected chi connectivity index (χ0v) is 14.1. The summed E-state index contributed by atoms with van der Waals surface area (Å²) in [5, 5.41) is 0. The number of rotatable bonds is 4. The van der Waals surface area contributed by atoms with Gasteiger partial charge < -0.3 is 4.90 Å². The molecule has 1 aliphatic heterocycles. The molecule has 21 heavy (non-hydrogen) atoms. The first-order valence-corrected chi connectivity index (χ1v) is 9.43. The topological polar surface area (TPSA) is 40.6 Å². The average Bonchev–Trinajstić information content (AvgIpc) is 2.64. The minimum Gasteiger partial charge on any atom is -0.306 e. The van der Waals surface area contributed by atoms with Crippen molar-refractivity contribution < 1.29 is 8.42 Å². The van der Waals surface area contributed by atoms with Crippen molar-refractivity contribution >= 4 is 9.84 Å². The standard InChI is InChI=1S/C16H26N2O2S/c1-17(2)15-5-4-11-18(12-10-15)13-14-6-8-16(9-7-14)21(3,19)20/h6-9,15H,4-5,10-13H2,1-3H3/t15-/m0/s1. The van der Waals surface area contributed by atoms with Crippen LogP contribution in [0.1, 0.15) is 24.8 Å². The molecule has 0 unspecified atom stereocenters. The maximum absolute atomic E-state index is 11.5. The summed E-state index contributed by atoms with van der Waals surface area (Å²) in [6.45, 7) is 3.14. The number of nitrogens with zero attached hydrogens (tertiary/aromatic N) is 2. The van der Waals surface area contributed by atoms with Gasteiger partial charge in [-0.25, -0.2) is 8.42 Å². The Morgan fingerprint density at radius 2 is 1.81 bits per heavy atom.